The average molecular weight is 463 g/mol. The van der Waals surface area contributed by atoms with Crippen LogP contribution in [0.2, 0.25) is 0 Å². The molecule has 3 rings (SSSR count). The third-order valence-corrected chi connectivity index (χ3v) is 5.78. The highest BCUT2D eigenvalue weighted by Crippen LogP contribution is 2.41. The Morgan fingerprint density at radius 1 is 1.16 bits per heavy atom. The number of carbonyl (C=O) groups is 1. The molecule has 0 unspecified atom stereocenters. The Labute approximate surface area is 187 Å². The van der Waals surface area contributed by atoms with E-state index in [4.69, 9.17) is 14.2 Å². The van der Waals surface area contributed by atoms with Gasteiger partial charge in [-0.25, -0.2) is 0 Å². The fourth-order valence-corrected chi connectivity index (χ4v) is 4.10. The normalized spacial score (nSPS) is 10.6. The highest BCUT2D eigenvalue weighted by atomic mass is 32.2. The predicted molar refractivity (Wildman–Crippen MR) is 119 cm³/mol. The number of nitrogens with one attached hydrogen (secondary N) is 1. The number of allylic oxidation sites excluding steroid dienone is 1. The molecule has 2 heterocycles. The van der Waals surface area contributed by atoms with Crippen molar-refractivity contribution in [2.45, 2.75) is 18.6 Å². The maximum Gasteiger partial charge on any atom is 0.236 e. The molecule has 0 aliphatic carbocycles. The number of benzene rings is 1. The van der Waals surface area contributed by atoms with Crippen LogP contribution in [0, 0.1) is 6.92 Å². The number of ether oxygens (including phenoxy) is 3. The van der Waals surface area contributed by atoms with Gasteiger partial charge in [-0.05, 0) is 19.1 Å². The molecule has 10 nitrogen and oxygen atoms in total. The Kier molecular flexibility index (Phi) is 7.47. The zero-order valence-corrected chi connectivity index (χ0v) is 19.2. The summed E-state index contributed by atoms with van der Waals surface area (Å²) in [7, 11) is 4.65. The summed E-state index contributed by atoms with van der Waals surface area (Å²) in [5.41, 5.74) is 0.726. The van der Waals surface area contributed by atoms with Crippen molar-refractivity contribution in [3.63, 3.8) is 0 Å². The van der Waals surface area contributed by atoms with Crippen molar-refractivity contribution in [2.24, 2.45) is 0 Å². The second-order valence-electron chi connectivity index (χ2n) is 6.08. The number of hydrogen-bond donors (Lipinski definition) is 1. The Balaban J connectivity index is 1.85. The van der Waals surface area contributed by atoms with Gasteiger partial charge in [0.15, 0.2) is 22.5 Å². The van der Waals surface area contributed by atoms with Crippen LogP contribution in [0.4, 0.5) is 5.13 Å². The van der Waals surface area contributed by atoms with Gasteiger partial charge in [-0.15, -0.1) is 27.0 Å². The Bertz CT molecular complexity index is 1060. The largest absolute Gasteiger partial charge is 0.493 e. The molecule has 0 bridgehead atoms. The van der Waals surface area contributed by atoms with Crippen molar-refractivity contribution in [1.29, 1.82) is 0 Å². The van der Waals surface area contributed by atoms with Gasteiger partial charge >= 0.3 is 0 Å². The van der Waals surface area contributed by atoms with E-state index in [2.05, 4.69) is 32.3 Å². The Morgan fingerprint density at radius 2 is 1.87 bits per heavy atom. The molecule has 0 spiro atoms. The molecule has 0 aliphatic heterocycles. The van der Waals surface area contributed by atoms with E-state index in [0.717, 1.165) is 10.6 Å². The molecule has 0 aliphatic rings. The van der Waals surface area contributed by atoms with Gasteiger partial charge in [0.1, 0.15) is 5.01 Å². The van der Waals surface area contributed by atoms with Crippen molar-refractivity contribution in [2.75, 3.05) is 32.4 Å². The van der Waals surface area contributed by atoms with E-state index in [1.54, 1.807) is 39.5 Å². The van der Waals surface area contributed by atoms with Crippen LogP contribution >= 0.6 is 23.1 Å². The summed E-state index contributed by atoms with van der Waals surface area (Å²) in [6.07, 6.45) is 1.74. The second kappa shape index (κ2) is 10.3. The molecular formula is C19H22N6O4S2. The number of nitrogens with zero attached hydrogens (tertiary/aromatic N) is 5. The highest BCUT2D eigenvalue weighted by molar-refractivity contribution is 7.99. The van der Waals surface area contributed by atoms with Crippen LogP contribution in [0.5, 0.6) is 17.2 Å². The van der Waals surface area contributed by atoms with Gasteiger partial charge in [-0.3, -0.25) is 14.7 Å². The topological polar surface area (TPSA) is 113 Å². The third-order valence-electron chi connectivity index (χ3n) is 4.06. The number of rotatable bonds is 10. The van der Waals surface area contributed by atoms with Gasteiger partial charge in [0.05, 0.1) is 27.1 Å². The summed E-state index contributed by atoms with van der Waals surface area (Å²) >= 11 is 2.58. The van der Waals surface area contributed by atoms with Crippen molar-refractivity contribution >= 4 is 34.1 Å². The number of aromatic nitrogens is 5. The van der Waals surface area contributed by atoms with Gasteiger partial charge in [0.2, 0.25) is 16.8 Å². The Hall–Kier alpha value is -3.12. The minimum Gasteiger partial charge on any atom is -0.493 e. The van der Waals surface area contributed by atoms with E-state index in [1.165, 1.54) is 23.1 Å². The molecule has 164 valence electrons. The molecule has 0 radical (unpaired) electrons. The van der Waals surface area contributed by atoms with E-state index in [9.17, 15) is 4.79 Å². The lowest BCUT2D eigenvalue weighted by atomic mass is 10.1. The molecule has 1 amide bonds. The number of amides is 1. The lowest BCUT2D eigenvalue weighted by Gasteiger charge is -2.14. The van der Waals surface area contributed by atoms with Gasteiger partial charge in [0.25, 0.3) is 0 Å². The molecule has 1 aromatic carbocycles. The van der Waals surface area contributed by atoms with Crippen LogP contribution in [0.15, 0.2) is 29.9 Å². The van der Waals surface area contributed by atoms with E-state index in [-0.39, 0.29) is 11.7 Å². The smallest absolute Gasteiger partial charge is 0.236 e. The summed E-state index contributed by atoms with van der Waals surface area (Å²) in [6.45, 7) is 6.09. The van der Waals surface area contributed by atoms with Crippen molar-refractivity contribution < 1.29 is 19.0 Å². The monoisotopic (exact) mass is 462 g/mol. The van der Waals surface area contributed by atoms with Gasteiger partial charge < -0.3 is 14.2 Å². The summed E-state index contributed by atoms with van der Waals surface area (Å²) < 4.78 is 18.1. The molecule has 0 saturated carbocycles. The first-order valence-corrected chi connectivity index (χ1v) is 10.9. The van der Waals surface area contributed by atoms with E-state index in [0.29, 0.717) is 39.9 Å². The summed E-state index contributed by atoms with van der Waals surface area (Å²) in [4.78, 5) is 12.3. The zero-order valence-electron chi connectivity index (χ0n) is 17.5. The minimum atomic E-state index is -0.205. The molecule has 2 aromatic heterocycles. The van der Waals surface area contributed by atoms with Crippen molar-refractivity contribution in [1.82, 2.24) is 25.0 Å². The average Bonchev–Trinajstić information content (AvgIpc) is 3.37. The van der Waals surface area contributed by atoms with E-state index in [1.807, 2.05) is 11.5 Å². The zero-order chi connectivity index (χ0) is 22.4. The molecule has 31 heavy (non-hydrogen) atoms. The van der Waals surface area contributed by atoms with Crippen LogP contribution in [0.3, 0.4) is 0 Å². The van der Waals surface area contributed by atoms with Crippen LogP contribution in [0.25, 0.3) is 11.4 Å². The first-order chi connectivity index (χ1) is 15.0. The lowest BCUT2D eigenvalue weighted by Crippen LogP contribution is -2.14. The number of aryl methyl sites for hydroxylation is 1. The van der Waals surface area contributed by atoms with Crippen LogP contribution in [0.1, 0.15) is 5.01 Å². The Morgan fingerprint density at radius 3 is 2.42 bits per heavy atom. The molecule has 12 heteroatoms. The predicted octanol–water partition coefficient (Wildman–Crippen LogP) is 3.05. The van der Waals surface area contributed by atoms with Crippen molar-refractivity contribution in [3.05, 3.63) is 29.8 Å². The van der Waals surface area contributed by atoms with Gasteiger partial charge in [-0.2, -0.15) is 0 Å². The number of anilines is 1. The number of hydrogen-bond acceptors (Lipinski definition) is 10. The van der Waals surface area contributed by atoms with E-state index >= 15 is 0 Å². The van der Waals surface area contributed by atoms with Crippen LogP contribution < -0.4 is 19.5 Å². The molecule has 1 N–H and O–H groups in total. The number of methoxy groups -OCH3 is 3. The molecule has 0 atom stereocenters. The first-order valence-electron chi connectivity index (χ1n) is 9.07. The summed E-state index contributed by atoms with van der Waals surface area (Å²) in [5, 5.41) is 20.9. The van der Waals surface area contributed by atoms with Gasteiger partial charge in [-0.1, -0.05) is 29.2 Å². The number of thioether (sulfide) groups is 1. The molecule has 0 saturated heterocycles. The highest BCUT2D eigenvalue weighted by Gasteiger charge is 2.20. The lowest BCUT2D eigenvalue weighted by molar-refractivity contribution is -0.113. The van der Waals surface area contributed by atoms with Gasteiger partial charge in [0, 0.05) is 12.1 Å². The first kappa shape index (κ1) is 22.6. The van der Waals surface area contributed by atoms with Crippen LogP contribution in [-0.2, 0) is 11.3 Å². The van der Waals surface area contributed by atoms with Crippen LogP contribution in [-0.4, -0.2) is 58.0 Å². The summed E-state index contributed by atoms with van der Waals surface area (Å²) in [5.74, 6) is 2.02. The maximum atomic E-state index is 12.3. The van der Waals surface area contributed by atoms with E-state index < -0.39 is 0 Å². The molecular weight excluding hydrogens is 440 g/mol. The van der Waals surface area contributed by atoms with Crippen molar-refractivity contribution in [3.8, 4) is 28.6 Å². The summed E-state index contributed by atoms with van der Waals surface area (Å²) in [6, 6.07) is 3.59. The second-order valence-corrected chi connectivity index (χ2v) is 8.21. The third kappa shape index (κ3) is 5.14. The fourth-order valence-electron chi connectivity index (χ4n) is 2.75. The maximum absolute atomic E-state index is 12.3. The standard InChI is InChI=1S/C19H22N6O4S2/c1-6-7-25-17(12-8-13(27-3)16(29-5)14(9-12)28-4)22-24-19(25)30-10-15(26)20-18-23-21-11(2)31-18/h6,8-9H,1,7,10H2,2-5H3,(H,20,23,26). The molecule has 3 aromatic rings. The quantitative estimate of drug-likeness (QED) is 0.359. The molecule has 0 fully saturated rings. The SMILES string of the molecule is C=CCn1c(SCC(=O)Nc2nnc(C)s2)nnc1-c1cc(OC)c(OC)c(OC)c1. The fraction of sp³-hybridized carbons (Fsp3) is 0.316. The number of carbonyl (C=O) groups excluding carboxylic acids is 1. The minimum absolute atomic E-state index is 0.142.